The number of amides is 1. The number of hydrogen-bond donors (Lipinski definition) is 1. The first kappa shape index (κ1) is 14.1. The summed E-state index contributed by atoms with van der Waals surface area (Å²) < 4.78 is 5.26. The first-order chi connectivity index (χ1) is 9.10. The molecule has 1 fully saturated rings. The van der Waals surface area contributed by atoms with Gasteiger partial charge in [-0.1, -0.05) is 0 Å². The van der Waals surface area contributed by atoms with E-state index < -0.39 is 0 Å². The standard InChI is InChI=1S/C14H23N3O2/c1-11-6-12(7-15)8-17(11)10-14(18)16(2)9-13-4-3-5-19-13/h3-5,11-12H,6-10,15H2,1-2H3. The average molecular weight is 265 g/mol. The summed E-state index contributed by atoms with van der Waals surface area (Å²) in [6.45, 7) is 4.79. The van der Waals surface area contributed by atoms with Crippen molar-refractivity contribution in [2.45, 2.75) is 25.9 Å². The van der Waals surface area contributed by atoms with Crippen LogP contribution in [0.1, 0.15) is 19.1 Å². The predicted octanol–water partition coefficient (Wildman–Crippen LogP) is 0.907. The maximum Gasteiger partial charge on any atom is 0.236 e. The lowest BCUT2D eigenvalue weighted by atomic mass is 10.1. The second-order valence-corrected chi connectivity index (χ2v) is 5.45. The fourth-order valence-electron chi connectivity index (χ4n) is 2.63. The number of nitrogens with two attached hydrogens (primary N) is 1. The van der Waals surface area contributed by atoms with Gasteiger partial charge in [0.15, 0.2) is 0 Å². The van der Waals surface area contributed by atoms with Crippen LogP contribution in [0.25, 0.3) is 0 Å². The molecular weight excluding hydrogens is 242 g/mol. The molecule has 0 radical (unpaired) electrons. The third kappa shape index (κ3) is 3.58. The van der Waals surface area contributed by atoms with Crippen molar-refractivity contribution in [1.29, 1.82) is 0 Å². The second-order valence-electron chi connectivity index (χ2n) is 5.45. The fraction of sp³-hybridized carbons (Fsp3) is 0.643. The molecule has 1 amide bonds. The van der Waals surface area contributed by atoms with Crippen molar-refractivity contribution in [1.82, 2.24) is 9.80 Å². The maximum absolute atomic E-state index is 12.2. The highest BCUT2D eigenvalue weighted by atomic mass is 16.3. The molecule has 0 aromatic carbocycles. The molecule has 2 atom stereocenters. The molecule has 1 aliphatic rings. The molecule has 2 unspecified atom stereocenters. The molecule has 0 bridgehead atoms. The van der Waals surface area contributed by atoms with Gasteiger partial charge in [0.1, 0.15) is 5.76 Å². The summed E-state index contributed by atoms with van der Waals surface area (Å²) in [6, 6.07) is 4.16. The molecule has 5 nitrogen and oxygen atoms in total. The van der Waals surface area contributed by atoms with Crippen molar-refractivity contribution in [2.24, 2.45) is 11.7 Å². The van der Waals surface area contributed by atoms with Crippen LogP contribution in [0.15, 0.2) is 22.8 Å². The zero-order valence-corrected chi connectivity index (χ0v) is 11.7. The Hall–Kier alpha value is -1.33. The van der Waals surface area contributed by atoms with E-state index in [2.05, 4.69) is 11.8 Å². The van der Waals surface area contributed by atoms with Crippen LogP contribution in [0, 0.1) is 5.92 Å². The maximum atomic E-state index is 12.2. The van der Waals surface area contributed by atoms with Gasteiger partial charge in [0.2, 0.25) is 5.91 Å². The molecular formula is C14H23N3O2. The fourth-order valence-corrected chi connectivity index (χ4v) is 2.63. The van der Waals surface area contributed by atoms with E-state index in [-0.39, 0.29) is 5.91 Å². The molecule has 1 aliphatic heterocycles. The monoisotopic (exact) mass is 265 g/mol. The van der Waals surface area contributed by atoms with Crippen molar-refractivity contribution in [3.05, 3.63) is 24.2 Å². The average Bonchev–Trinajstić information content (AvgIpc) is 3.00. The number of rotatable bonds is 5. The molecule has 2 heterocycles. The minimum atomic E-state index is 0.126. The SMILES string of the molecule is CC1CC(CN)CN1CC(=O)N(C)Cc1ccco1. The minimum Gasteiger partial charge on any atom is -0.467 e. The van der Waals surface area contributed by atoms with E-state index in [1.165, 1.54) is 0 Å². The van der Waals surface area contributed by atoms with Crippen LogP contribution >= 0.6 is 0 Å². The number of hydrogen-bond acceptors (Lipinski definition) is 4. The Balaban J connectivity index is 1.83. The van der Waals surface area contributed by atoms with Gasteiger partial charge in [0, 0.05) is 19.6 Å². The molecule has 19 heavy (non-hydrogen) atoms. The van der Waals surface area contributed by atoms with E-state index in [0.717, 1.165) is 18.7 Å². The molecule has 1 saturated heterocycles. The van der Waals surface area contributed by atoms with E-state index in [4.69, 9.17) is 10.2 Å². The Morgan fingerprint density at radius 3 is 3.00 bits per heavy atom. The molecule has 0 aliphatic carbocycles. The van der Waals surface area contributed by atoms with Crippen LogP contribution in [0.2, 0.25) is 0 Å². The lowest BCUT2D eigenvalue weighted by Gasteiger charge is -2.24. The third-order valence-corrected chi connectivity index (χ3v) is 3.86. The van der Waals surface area contributed by atoms with E-state index in [1.807, 2.05) is 19.2 Å². The topological polar surface area (TPSA) is 62.7 Å². The molecule has 5 heteroatoms. The summed E-state index contributed by atoms with van der Waals surface area (Å²) in [5, 5.41) is 0. The summed E-state index contributed by atoms with van der Waals surface area (Å²) in [5.41, 5.74) is 5.70. The number of nitrogens with zero attached hydrogens (tertiary/aromatic N) is 2. The zero-order chi connectivity index (χ0) is 13.8. The highest BCUT2D eigenvalue weighted by Crippen LogP contribution is 2.21. The van der Waals surface area contributed by atoms with Crippen LogP contribution in [-0.2, 0) is 11.3 Å². The van der Waals surface area contributed by atoms with Crippen molar-refractivity contribution < 1.29 is 9.21 Å². The molecule has 0 spiro atoms. The van der Waals surface area contributed by atoms with Gasteiger partial charge in [-0.05, 0) is 37.9 Å². The largest absolute Gasteiger partial charge is 0.467 e. The zero-order valence-electron chi connectivity index (χ0n) is 11.7. The molecule has 106 valence electrons. The second kappa shape index (κ2) is 6.21. The number of carbonyl (C=O) groups excluding carboxylic acids is 1. The van der Waals surface area contributed by atoms with Gasteiger partial charge in [0.25, 0.3) is 0 Å². The van der Waals surface area contributed by atoms with Crippen molar-refractivity contribution in [3.8, 4) is 0 Å². The number of likely N-dealkylation sites (tertiary alicyclic amines) is 1. The Bertz CT molecular complexity index is 405. The first-order valence-electron chi connectivity index (χ1n) is 6.80. The van der Waals surface area contributed by atoms with Gasteiger partial charge in [-0.15, -0.1) is 0 Å². The van der Waals surface area contributed by atoms with Gasteiger partial charge in [-0.25, -0.2) is 0 Å². The normalized spacial score (nSPS) is 23.7. The van der Waals surface area contributed by atoms with Crippen molar-refractivity contribution >= 4 is 5.91 Å². The van der Waals surface area contributed by atoms with Crippen molar-refractivity contribution in [2.75, 3.05) is 26.7 Å². The summed E-state index contributed by atoms with van der Waals surface area (Å²) in [5.74, 6) is 1.46. The molecule has 1 aromatic heterocycles. The lowest BCUT2D eigenvalue weighted by molar-refractivity contribution is -0.132. The van der Waals surface area contributed by atoms with Gasteiger partial charge in [-0.2, -0.15) is 0 Å². The van der Waals surface area contributed by atoms with Gasteiger partial charge >= 0.3 is 0 Å². The van der Waals surface area contributed by atoms with E-state index in [0.29, 0.717) is 31.6 Å². The Kier molecular flexibility index (Phi) is 4.61. The summed E-state index contributed by atoms with van der Waals surface area (Å²) >= 11 is 0. The first-order valence-corrected chi connectivity index (χ1v) is 6.80. The Morgan fingerprint density at radius 2 is 2.42 bits per heavy atom. The third-order valence-electron chi connectivity index (χ3n) is 3.86. The highest BCUT2D eigenvalue weighted by molar-refractivity contribution is 5.78. The summed E-state index contributed by atoms with van der Waals surface area (Å²) in [7, 11) is 1.81. The van der Waals surface area contributed by atoms with Crippen molar-refractivity contribution in [3.63, 3.8) is 0 Å². The van der Waals surface area contributed by atoms with Gasteiger partial charge in [-0.3, -0.25) is 9.69 Å². The number of likely N-dealkylation sites (N-methyl/N-ethyl adjacent to an activating group) is 1. The summed E-state index contributed by atoms with van der Waals surface area (Å²) in [6.07, 6.45) is 2.72. The number of furan rings is 1. The predicted molar refractivity (Wildman–Crippen MR) is 73.4 cm³/mol. The van der Waals surface area contributed by atoms with Crippen LogP contribution < -0.4 is 5.73 Å². The quantitative estimate of drug-likeness (QED) is 0.859. The summed E-state index contributed by atoms with van der Waals surface area (Å²) in [4.78, 5) is 16.1. The van der Waals surface area contributed by atoms with Crippen LogP contribution in [0.4, 0.5) is 0 Å². The molecule has 1 aromatic rings. The van der Waals surface area contributed by atoms with E-state index in [1.54, 1.807) is 11.2 Å². The Labute approximate surface area is 114 Å². The molecule has 0 saturated carbocycles. The molecule has 2 N–H and O–H groups in total. The van der Waals surface area contributed by atoms with E-state index in [9.17, 15) is 4.79 Å². The lowest BCUT2D eigenvalue weighted by Crippen LogP contribution is -2.39. The van der Waals surface area contributed by atoms with Crippen LogP contribution in [-0.4, -0.2) is 48.4 Å². The molecule has 2 rings (SSSR count). The van der Waals surface area contributed by atoms with Gasteiger partial charge < -0.3 is 15.1 Å². The highest BCUT2D eigenvalue weighted by Gasteiger charge is 2.29. The number of carbonyl (C=O) groups is 1. The van der Waals surface area contributed by atoms with E-state index >= 15 is 0 Å². The van der Waals surface area contributed by atoms with Gasteiger partial charge in [0.05, 0.1) is 19.4 Å². The smallest absolute Gasteiger partial charge is 0.236 e. The van der Waals surface area contributed by atoms with Crippen LogP contribution in [0.3, 0.4) is 0 Å². The minimum absolute atomic E-state index is 0.126. The Morgan fingerprint density at radius 1 is 1.63 bits per heavy atom. The van der Waals surface area contributed by atoms with Crippen LogP contribution in [0.5, 0.6) is 0 Å².